The van der Waals surface area contributed by atoms with Crippen molar-refractivity contribution in [1.82, 2.24) is 4.98 Å². The molecule has 0 aliphatic rings. The van der Waals surface area contributed by atoms with Gasteiger partial charge in [0.05, 0.1) is 12.2 Å². The third-order valence-electron chi connectivity index (χ3n) is 3.78. The summed E-state index contributed by atoms with van der Waals surface area (Å²) in [5, 5.41) is 0. The van der Waals surface area contributed by atoms with Gasteiger partial charge in [0.1, 0.15) is 11.5 Å². The molecule has 8 heteroatoms. The fourth-order valence-electron chi connectivity index (χ4n) is 2.21. The van der Waals surface area contributed by atoms with E-state index in [-0.39, 0.29) is 11.4 Å². The fourth-order valence-corrected chi connectivity index (χ4v) is 2.21. The summed E-state index contributed by atoms with van der Waals surface area (Å²) in [6, 6.07) is 7.30. The second-order valence-corrected chi connectivity index (χ2v) is 6.20. The minimum atomic E-state index is -4.45. The Morgan fingerprint density at radius 1 is 1.18 bits per heavy atom. The lowest BCUT2D eigenvalue weighted by Crippen LogP contribution is -2.26. The van der Waals surface area contributed by atoms with Crippen LogP contribution in [0.3, 0.4) is 0 Å². The second kappa shape index (κ2) is 9.43. The molecular formula is C20H22F3NO4. The molecule has 5 nitrogen and oxygen atoms in total. The number of halogens is 3. The van der Waals surface area contributed by atoms with Crippen LogP contribution >= 0.6 is 0 Å². The molecule has 0 aliphatic heterocycles. The van der Waals surface area contributed by atoms with E-state index in [0.29, 0.717) is 18.1 Å². The summed E-state index contributed by atoms with van der Waals surface area (Å²) in [6.45, 7) is 5.43. The van der Waals surface area contributed by atoms with E-state index in [1.165, 1.54) is 6.92 Å². The van der Waals surface area contributed by atoms with Crippen molar-refractivity contribution in [2.75, 3.05) is 6.61 Å². The number of hydrogen-bond acceptors (Lipinski definition) is 5. The molecule has 0 saturated carbocycles. The monoisotopic (exact) mass is 397 g/mol. The molecule has 0 bridgehead atoms. The molecule has 0 N–H and O–H groups in total. The van der Waals surface area contributed by atoms with E-state index < -0.39 is 23.8 Å². The van der Waals surface area contributed by atoms with E-state index in [9.17, 15) is 18.0 Å². The number of esters is 1. The highest BCUT2D eigenvalue weighted by atomic mass is 19.4. The number of ether oxygens (including phenoxy) is 3. The molecule has 152 valence electrons. The molecule has 2 rings (SSSR count). The first-order chi connectivity index (χ1) is 13.2. The Morgan fingerprint density at radius 2 is 1.82 bits per heavy atom. The van der Waals surface area contributed by atoms with Gasteiger partial charge in [0.2, 0.25) is 5.88 Å². The van der Waals surface area contributed by atoms with Crippen LogP contribution in [0, 0.1) is 6.92 Å². The molecule has 0 radical (unpaired) electrons. The van der Waals surface area contributed by atoms with Gasteiger partial charge in [-0.25, -0.2) is 9.78 Å². The Balaban J connectivity index is 1.96. The van der Waals surface area contributed by atoms with Gasteiger partial charge in [-0.2, -0.15) is 13.2 Å². The summed E-state index contributed by atoms with van der Waals surface area (Å²) in [6.07, 6.45) is -2.77. The number of carbonyl (C=O) groups excluding carboxylic acids is 1. The van der Waals surface area contributed by atoms with Crippen molar-refractivity contribution >= 4 is 5.97 Å². The van der Waals surface area contributed by atoms with Gasteiger partial charge in [-0.3, -0.25) is 0 Å². The molecule has 0 spiro atoms. The van der Waals surface area contributed by atoms with Gasteiger partial charge in [-0.05, 0) is 50.6 Å². The van der Waals surface area contributed by atoms with E-state index in [2.05, 4.69) is 4.98 Å². The van der Waals surface area contributed by atoms with Gasteiger partial charge in [-0.15, -0.1) is 0 Å². The maximum absolute atomic E-state index is 12.7. The van der Waals surface area contributed by atoms with Crippen molar-refractivity contribution in [3.63, 3.8) is 0 Å². The van der Waals surface area contributed by atoms with Crippen LogP contribution in [0.15, 0.2) is 36.5 Å². The van der Waals surface area contributed by atoms with Crippen LogP contribution in [-0.4, -0.2) is 23.7 Å². The quantitative estimate of drug-likeness (QED) is 0.446. The van der Waals surface area contributed by atoms with Crippen LogP contribution < -0.4 is 9.47 Å². The standard InChI is InChI=1S/C20H22F3NO4/c1-4-5-10-26-19(25)14(3)27-16-6-8-17(9-7-16)28-18-13(2)11-15(12-24-18)20(21,22)23/h6-9,11-12,14H,4-5,10H2,1-3H3. The average Bonchev–Trinajstić information content (AvgIpc) is 2.64. The molecular weight excluding hydrogens is 375 g/mol. The third-order valence-corrected chi connectivity index (χ3v) is 3.78. The molecule has 0 fully saturated rings. The molecule has 1 aromatic carbocycles. The van der Waals surface area contributed by atoms with Crippen molar-refractivity contribution < 1.29 is 32.2 Å². The summed E-state index contributed by atoms with van der Waals surface area (Å²) in [4.78, 5) is 15.5. The maximum Gasteiger partial charge on any atom is 0.417 e. The first-order valence-corrected chi connectivity index (χ1v) is 8.85. The van der Waals surface area contributed by atoms with Gasteiger partial charge >= 0.3 is 12.1 Å². The van der Waals surface area contributed by atoms with Crippen molar-refractivity contribution in [2.45, 2.75) is 45.9 Å². The lowest BCUT2D eigenvalue weighted by Gasteiger charge is -2.14. The van der Waals surface area contributed by atoms with E-state index >= 15 is 0 Å². The molecule has 1 aromatic heterocycles. The summed E-state index contributed by atoms with van der Waals surface area (Å²) in [7, 11) is 0. The number of unbranched alkanes of at least 4 members (excludes halogenated alkanes) is 1. The summed E-state index contributed by atoms with van der Waals surface area (Å²) in [5.41, 5.74) is -0.570. The molecule has 0 saturated heterocycles. The number of pyridine rings is 1. The number of aryl methyl sites for hydroxylation is 1. The molecule has 1 heterocycles. The predicted octanol–water partition coefficient (Wildman–Crippen LogP) is 5.31. The van der Waals surface area contributed by atoms with Crippen molar-refractivity contribution in [3.8, 4) is 17.4 Å². The van der Waals surface area contributed by atoms with Crippen molar-refractivity contribution in [3.05, 3.63) is 47.7 Å². The zero-order chi connectivity index (χ0) is 20.7. The molecule has 0 amide bonds. The zero-order valence-electron chi connectivity index (χ0n) is 15.9. The minimum absolute atomic E-state index is 0.0783. The van der Waals surface area contributed by atoms with Crippen LogP contribution in [0.25, 0.3) is 0 Å². The predicted molar refractivity (Wildman–Crippen MR) is 96.4 cm³/mol. The third kappa shape index (κ3) is 6.14. The zero-order valence-corrected chi connectivity index (χ0v) is 15.9. The van der Waals surface area contributed by atoms with Crippen LogP contribution in [0.4, 0.5) is 13.2 Å². The number of nitrogens with zero attached hydrogens (tertiary/aromatic N) is 1. The SMILES string of the molecule is CCCCOC(=O)C(C)Oc1ccc(Oc2ncc(C(F)(F)F)cc2C)cc1. The fraction of sp³-hybridized carbons (Fsp3) is 0.400. The van der Waals surface area contributed by atoms with Gasteiger partial charge in [-0.1, -0.05) is 13.3 Å². The highest BCUT2D eigenvalue weighted by Gasteiger charge is 2.31. The number of alkyl halides is 3. The highest BCUT2D eigenvalue weighted by molar-refractivity contribution is 5.74. The smallest absolute Gasteiger partial charge is 0.417 e. The number of aromatic nitrogens is 1. The lowest BCUT2D eigenvalue weighted by molar-refractivity contribution is -0.151. The Hall–Kier alpha value is -2.77. The second-order valence-electron chi connectivity index (χ2n) is 6.20. The molecule has 28 heavy (non-hydrogen) atoms. The largest absolute Gasteiger partial charge is 0.479 e. The Labute approximate surface area is 161 Å². The maximum atomic E-state index is 12.7. The van der Waals surface area contributed by atoms with Gasteiger partial charge < -0.3 is 14.2 Å². The van der Waals surface area contributed by atoms with Crippen LogP contribution in [0.5, 0.6) is 17.4 Å². The molecule has 2 aromatic rings. The van der Waals surface area contributed by atoms with Crippen molar-refractivity contribution in [2.24, 2.45) is 0 Å². The number of benzene rings is 1. The van der Waals surface area contributed by atoms with Crippen molar-refractivity contribution in [1.29, 1.82) is 0 Å². The Bertz CT molecular complexity index is 791. The van der Waals surface area contributed by atoms with Crippen LogP contribution in [-0.2, 0) is 15.7 Å². The van der Waals surface area contributed by atoms with E-state index in [1.54, 1.807) is 31.2 Å². The Morgan fingerprint density at radius 3 is 2.39 bits per heavy atom. The molecule has 0 aliphatic carbocycles. The lowest BCUT2D eigenvalue weighted by atomic mass is 10.2. The first-order valence-electron chi connectivity index (χ1n) is 8.85. The topological polar surface area (TPSA) is 57.7 Å². The average molecular weight is 397 g/mol. The summed E-state index contributed by atoms with van der Waals surface area (Å²) >= 11 is 0. The Kier molecular flexibility index (Phi) is 7.25. The van der Waals surface area contributed by atoms with Gasteiger partial charge in [0, 0.05) is 11.8 Å². The normalized spacial score (nSPS) is 12.4. The summed E-state index contributed by atoms with van der Waals surface area (Å²) < 4.78 is 54.2. The van der Waals surface area contributed by atoms with Crippen LogP contribution in [0.2, 0.25) is 0 Å². The van der Waals surface area contributed by atoms with E-state index in [0.717, 1.165) is 25.1 Å². The van der Waals surface area contributed by atoms with Gasteiger partial charge in [0.25, 0.3) is 0 Å². The molecule has 1 atom stereocenters. The molecule has 1 unspecified atom stereocenters. The number of hydrogen-bond donors (Lipinski definition) is 0. The minimum Gasteiger partial charge on any atom is -0.479 e. The van der Waals surface area contributed by atoms with Crippen LogP contribution in [0.1, 0.15) is 37.8 Å². The van der Waals surface area contributed by atoms with E-state index in [4.69, 9.17) is 14.2 Å². The number of rotatable bonds is 8. The van der Waals surface area contributed by atoms with Gasteiger partial charge in [0.15, 0.2) is 6.10 Å². The first kappa shape index (κ1) is 21.5. The van der Waals surface area contributed by atoms with E-state index in [1.807, 2.05) is 6.92 Å². The number of carbonyl (C=O) groups is 1. The summed E-state index contributed by atoms with van der Waals surface area (Å²) in [5.74, 6) is 0.443. The highest BCUT2D eigenvalue weighted by Crippen LogP contribution is 2.32.